The Morgan fingerprint density at radius 2 is 2.08 bits per heavy atom. The number of aromatic nitrogens is 2. The Morgan fingerprint density at radius 1 is 1.27 bits per heavy atom. The van der Waals surface area contributed by atoms with Crippen molar-refractivity contribution in [3.8, 4) is 5.69 Å². The summed E-state index contributed by atoms with van der Waals surface area (Å²) in [5.41, 5.74) is 4.29. The van der Waals surface area contributed by atoms with Crippen LogP contribution >= 0.6 is 11.8 Å². The number of aryl methyl sites for hydroxylation is 1. The van der Waals surface area contributed by atoms with E-state index in [9.17, 15) is 4.79 Å². The molecule has 4 rings (SSSR count). The topological polar surface area (TPSA) is 62.5 Å². The molecule has 1 aromatic heterocycles. The van der Waals surface area contributed by atoms with Crippen molar-refractivity contribution in [2.75, 3.05) is 19.6 Å². The fraction of sp³-hybridized carbons (Fsp3) is 0.316. The van der Waals surface area contributed by atoms with Gasteiger partial charge in [-0.05, 0) is 32.4 Å². The normalized spacial score (nSPS) is 16.2. The zero-order valence-electron chi connectivity index (χ0n) is 14.9. The Labute approximate surface area is 157 Å². The standard InChI is InChI=1S/C19H21N5OS/c1-13-17(14(2)24(22-13)15-7-4-3-5-8-15)18(25)21-11-16-12-26-19-20-9-6-10-23(16)19/h3-5,7-8,12H,6,9-11H2,1-2H3,(H,21,25). The Morgan fingerprint density at radius 3 is 2.88 bits per heavy atom. The number of carbonyl (C=O) groups excluding carboxylic acids is 1. The molecular weight excluding hydrogens is 346 g/mol. The lowest BCUT2D eigenvalue weighted by Crippen LogP contribution is -2.35. The van der Waals surface area contributed by atoms with E-state index in [1.54, 1.807) is 11.8 Å². The highest BCUT2D eigenvalue weighted by Crippen LogP contribution is 2.28. The third-order valence-electron chi connectivity index (χ3n) is 4.61. The molecule has 0 saturated carbocycles. The van der Waals surface area contributed by atoms with E-state index in [-0.39, 0.29) is 5.91 Å². The van der Waals surface area contributed by atoms with Gasteiger partial charge >= 0.3 is 0 Å². The van der Waals surface area contributed by atoms with E-state index in [0.717, 1.165) is 47.5 Å². The summed E-state index contributed by atoms with van der Waals surface area (Å²) in [5, 5.41) is 10.7. The molecule has 2 aromatic rings. The first-order valence-electron chi connectivity index (χ1n) is 8.72. The Bertz CT molecular complexity index is 900. The second kappa shape index (κ2) is 6.99. The number of nitrogens with one attached hydrogen (secondary N) is 1. The number of amides is 1. The van der Waals surface area contributed by atoms with Crippen molar-refractivity contribution >= 4 is 22.8 Å². The summed E-state index contributed by atoms with van der Waals surface area (Å²) in [6.45, 7) is 6.17. The zero-order chi connectivity index (χ0) is 18.1. The first-order valence-corrected chi connectivity index (χ1v) is 9.60. The molecule has 0 spiro atoms. The molecule has 0 atom stereocenters. The summed E-state index contributed by atoms with van der Waals surface area (Å²) >= 11 is 1.64. The number of carbonyl (C=O) groups is 1. The zero-order valence-corrected chi connectivity index (χ0v) is 15.7. The van der Waals surface area contributed by atoms with Crippen LogP contribution in [0.4, 0.5) is 0 Å². The molecule has 0 bridgehead atoms. The maximum Gasteiger partial charge on any atom is 0.255 e. The van der Waals surface area contributed by atoms with Gasteiger partial charge in [-0.25, -0.2) is 4.68 Å². The number of aliphatic imine (C=N–C) groups is 1. The minimum atomic E-state index is -0.0875. The lowest BCUT2D eigenvalue weighted by atomic mass is 10.2. The van der Waals surface area contributed by atoms with Gasteiger partial charge in [-0.2, -0.15) is 5.10 Å². The van der Waals surface area contributed by atoms with Crippen LogP contribution in [0.15, 0.2) is 46.4 Å². The highest BCUT2D eigenvalue weighted by atomic mass is 32.2. The number of para-hydroxylation sites is 1. The number of rotatable bonds is 4. The van der Waals surface area contributed by atoms with Gasteiger partial charge in [-0.15, -0.1) is 0 Å². The third-order valence-corrected chi connectivity index (χ3v) is 5.56. The number of nitrogens with zero attached hydrogens (tertiary/aromatic N) is 4. The second-order valence-electron chi connectivity index (χ2n) is 6.37. The van der Waals surface area contributed by atoms with Gasteiger partial charge in [0, 0.05) is 24.2 Å². The van der Waals surface area contributed by atoms with Crippen LogP contribution in [0, 0.1) is 13.8 Å². The fourth-order valence-corrected chi connectivity index (χ4v) is 4.28. The molecule has 1 amide bonds. The highest BCUT2D eigenvalue weighted by Gasteiger charge is 2.26. The summed E-state index contributed by atoms with van der Waals surface area (Å²) in [6, 6.07) is 9.87. The van der Waals surface area contributed by atoms with Crippen molar-refractivity contribution in [2.24, 2.45) is 4.99 Å². The van der Waals surface area contributed by atoms with Crippen LogP contribution in [0.25, 0.3) is 5.69 Å². The van der Waals surface area contributed by atoms with Crippen molar-refractivity contribution in [1.29, 1.82) is 0 Å². The van der Waals surface area contributed by atoms with Crippen molar-refractivity contribution in [3.63, 3.8) is 0 Å². The van der Waals surface area contributed by atoms with Crippen molar-refractivity contribution < 1.29 is 4.79 Å². The Kier molecular flexibility index (Phi) is 4.55. The van der Waals surface area contributed by atoms with Gasteiger partial charge in [0.15, 0.2) is 5.17 Å². The van der Waals surface area contributed by atoms with Crippen molar-refractivity contribution in [2.45, 2.75) is 20.3 Å². The first-order chi connectivity index (χ1) is 12.6. The predicted molar refractivity (Wildman–Crippen MR) is 105 cm³/mol. The lowest BCUT2D eigenvalue weighted by Gasteiger charge is -2.25. The van der Waals surface area contributed by atoms with Crippen LogP contribution < -0.4 is 5.32 Å². The number of benzene rings is 1. The molecule has 0 radical (unpaired) electrons. The average Bonchev–Trinajstić information content (AvgIpc) is 3.21. The fourth-order valence-electron chi connectivity index (χ4n) is 3.32. The molecule has 26 heavy (non-hydrogen) atoms. The number of fused-ring (bicyclic) bond motifs is 1. The molecular formula is C19H21N5OS. The van der Waals surface area contributed by atoms with E-state index >= 15 is 0 Å². The van der Waals surface area contributed by atoms with Crippen LogP contribution in [0.5, 0.6) is 0 Å². The molecule has 7 heteroatoms. The molecule has 0 unspecified atom stereocenters. The smallest absolute Gasteiger partial charge is 0.255 e. The molecule has 0 fully saturated rings. The average molecular weight is 367 g/mol. The summed E-state index contributed by atoms with van der Waals surface area (Å²) in [5.74, 6) is -0.0875. The maximum atomic E-state index is 12.8. The maximum absolute atomic E-state index is 12.8. The van der Waals surface area contributed by atoms with Gasteiger partial charge in [0.2, 0.25) is 0 Å². The molecule has 2 aliphatic rings. The lowest BCUT2D eigenvalue weighted by molar-refractivity contribution is 0.0954. The summed E-state index contributed by atoms with van der Waals surface area (Å²) in [4.78, 5) is 19.5. The minimum absolute atomic E-state index is 0.0875. The molecule has 6 nitrogen and oxygen atoms in total. The largest absolute Gasteiger partial charge is 0.346 e. The molecule has 2 aliphatic heterocycles. The van der Waals surface area contributed by atoms with Crippen LogP contribution in [0.1, 0.15) is 28.2 Å². The Balaban J connectivity index is 1.50. The summed E-state index contributed by atoms with van der Waals surface area (Å²) < 4.78 is 1.82. The SMILES string of the molecule is Cc1nn(-c2ccccc2)c(C)c1C(=O)NCC1=CSC2=NCCCN12. The van der Waals surface area contributed by atoms with E-state index in [1.807, 2.05) is 48.9 Å². The van der Waals surface area contributed by atoms with Crippen molar-refractivity contribution in [1.82, 2.24) is 20.0 Å². The minimum Gasteiger partial charge on any atom is -0.346 e. The number of amidine groups is 1. The molecule has 3 heterocycles. The van der Waals surface area contributed by atoms with Gasteiger partial charge in [-0.3, -0.25) is 9.79 Å². The number of hydrogen-bond acceptors (Lipinski definition) is 5. The number of thioether (sulfide) groups is 1. The van der Waals surface area contributed by atoms with E-state index in [0.29, 0.717) is 12.1 Å². The molecule has 134 valence electrons. The van der Waals surface area contributed by atoms with Crippen LogP contribution in [0.3, 0.4) is 0 Å². The van der Waals surface area contributed by atoms with Gasteiger partial charge in [-0.1, -0.05) is 30.0 Å². The molecule has 1 N–H and O–H groups in total. The Hall–Kier alpha value is -2.54. The highest BCUT2D eigenvalue weighted by molar-refractivity contribution is 8.16. The van der Waals surface area contributed by atoms with Crippen LogP contribution in [-0.4, -0.2) is 45.4 Å². The monoisotopic (exact) mass is 367 g/mol. The molecule has 0 saturated heterocycles. The van der Waals surface area contributed by atoms with Gasteiger partial charge in [0.1, 0.15) is 0 Å². The second-order valence-corrected chi connectivity index (χ2v) is 7.21. The van der Waals surface area contributed by atoms with E-state index in [2.05, 4.69) is 25.7 Å². The van der Waals surface area contributed by atoms with Gasteiger partial charge in [0.25, 0.3) is 5.91 Å². The summed E-state index contributed by atoms with van der Waals surface area (Å²) in [6.07, 6.45) is 1.05. The van der Waals surface area contributed by atoms with Crippen LogP contribution in [-0.2, 0) is 0 Å². The van der Waals surface area contributed by atoms with E-state index < -0.39 is 0 Å². The van der Waals surface area contributed by atoms with Crippen LogP contribution in [0.2, 0.25) is 0 Å². The van der Waals surface area contributed by atoms with Gasteiger partial charge in [0.05, 0.1) is 29.2 Å². The van der Waals surface area contributed by atoms with E-state index in [1.165, 1.54) is 0 Å². The quantitative estimate of drug-likeness (QED) is 0.903. The number of hydrogen-bond donors (Lipinski definition) is 1. The predicted octanol–water partition coefficient (Wildman–Crippen LogP) is 2.87. The van der Waals surface area contributed by atoms with Crippen molar-refractivity contribution in [3.05, 3.63) is 58.4 Å². The first kappa shape index (κ1) is 16.9. The third kappa shape index (κ3) is 3.03. The summed E-state index contributed by atoms with van der Waals surface area (Å²) in [7, 11) is 0. The molecule has 0 aliphatic carbocycles. The molecule has 1 aromatic carbocycles. The van der Waals surface area contributed by atoms with Gasteiger partial charge < -0.3 is 10.2 Å². The van der Waals surface area contributed by atoms with E-state index in [4.69, 9.17) is 0 Å².